The van der Waals surface area contributed by atoms with Crippen molar-refractivity contribution in [1.29, 1.82) is 0 Å². The Morgan fingerprint density at radius 2 is 2.19 bits per heavy atom. The summed E-state index contributed by atoms with van der Waals surface area (Å²) >= 11 is 3.59. The van der Waals surface area contributed by atoms with Crippen molar-refractivity contribution in [3.05, 3.63) is 24.6 Å². The van der Waals surface area contributed by atoms with Crippen LogP contribution < -0.4 is 0 Å². The van der Waals surface area contributed by atoms with Crippen LogP contribution in [0.5, 0.6) is 0 Å². The number of hydrogen-bond acceptors (Lipinski definition) is 3. The first kappa shape index (κ1) is 14.0. The molecule has 7 heteroatoms. The monoisotopic (exact) mass is 453 g/mol. The molecular formula is C9H7F2I2NO2. The second-order valence-electron chi connectivity index (χ2n) is 2.71. The van der Waals surface area contributed by atoms with E-state index in [1.54, 1.807) is 29.5 Å². The van der Waals surface area contributed by atoms with Gasteiger partial charge in [-0.05, 0) is 52.1 Å². The Hall–Kier alpha value is -0.0600. The number of ether oxygens (including phenoxy) is 1. The number of alkyl halides is 2. The van der Waals surface area contributed by atoms with E-state index in [9.17, 15) is 13.6 Å². The molecule has 0 unspecified atom stereocenters. The van der Waals surface area contributed by atoms with E-state index in [1.165, 1.54) is 0 Å². The van der Waals surface area contributed by atoms with Crippen molar-refractivity contribution >= 4 is 51.2 Å². The summed E-state index contributed by atoms with van der Waals surface area (Å²) in [6.45, 7) is 1.76. The van der Waals surface area contributed by atoms with Crippen LogP contribution in [0.2, 0.25) is 0 Å². The third-order valence-corrected chi connectivity index (χ3v) is 4.67. The van der Waals surface area contributed by atoms with Gasteiger partial charge in [-0.25, -0.2) is 18.6 Å². The molecule has 88 valence electrons. The molecule has 0 saturated carbocycles. The normalized spacial score (nSPS) is 10.6. The molecule has 0 fully saturated rings. The van der Waals surface area contributed by atoms with Crippen molar-refractivity contribution in [3.8, 4) is 0 Å². The lowest BCUT2D eigenvalue weighted by atomic mass is 10.1. The third-order valence-electron chi connectivity index (χ3n) is 1.73. The van der Waals surface area contributed by atoms with Crippen LogP contribution in [0.25, 0.3) is 0 Å². The Balaban J connectivity index is 3.28. The number of nitrogens with zero attached hydrogens (tertiary/aromatic N) is 1. The molecule has 1 aromatic rings. The zero-order chi connectivity index (χ0) is 12.3. The van der Waals surface area contributed by atoms with E-state index in [1.807, 2.05) is 22.6 Å². The Bertz CT molecular complexity index is 413. The molecule has 1 aromatic heterocycles. The van der Waals surface area contributed by atoms with Gasteiger partial charge in [-0.1, -0.05) is 0 Å². The number of halogens is 4. The number of rotatable bonds is 3. The number of pyridine rings is 1. The Morgan fingerprint density at radius 1 is 1.56 bits per heavy atom. The molecule has 0 spiro atoms. The maximum Gasteiger partial charge on any atom is 0.340 e. The average molecular weight is 453 g/mol. The van der Waals surface area contributed by atoms with Crippen molar-refractivity contribution in [2.45, 2.75) is 13.3 Å². The molecule has 0 aliphatic heterocycles. The second kappa shape index (κ2) is 6.03. The summed E-state index contributed by atoms with van der Waals surface area (Å²) in [5.41, 5.74) is -0.472. The van der Waals surface area contributed by atoms with E-state index in [4.69, 9.17) is 4.74 Å². The first-order valence-corrected chi connectivity index (χ1v) is 6.44. The molecule has 0 atom stereocenters. The Kier molecular flexibility index (Phi) is 5.28. The fraction of sp³-hybridized carbons (Fsp3) is 0.333. The van der Waals surface area contributed by atoms with Crippen molar-refractivity contribution < 1.29 is 18.3 Å². The Labute approximate surface area is 118 Å². The van der Waals surface area contributed by atoms with Gasteiger partial charge in [0.25, 0.3) is 6.43 Å². The predicted octanol–water partition coefficient (Wildman–Crippen LogP) is 3.41. The lowest BCUT2D eigenvalue weighted by Crippen LogP contribution is -2.11. The van der Waals surface area contributed by atoms with E-state index < -0.39 is 12.4 Å². The fourth-order valence-corrected chi connectivity index (χ4v) is 2.16. The number of aromatic nitrogens is 1. The molecule has 0 aliphatic rings. The molecule has 0 N–H and O–H groups in total. The van der Waals surface area contributed by atoms with Crippen LogP contribution in [0.3, 0.4) is 0 Å². The molecule has 0 amide bonds. The van der Waals surface area contributed by atoms with Crippen molar-refractivity contribution in [1.82, 2.24) is 4.98 Å². The standard InChI is InChI=1S/C9H7F2I2NO2/c1-2-16-9(15)4-3-14-8(13)6(12)5(4)7(10)11/h3,7H,2H2,1H3. The van der Waals surface area contributed by atoms with Crippen LogP contribution in [0.4, 0.5) is 8.78 Å². The maximum atomic E-state index is 12.8. The highest BCUT2D eigenvalue weighted by Crippen LogP contribution is 2.30. The minimum Gasteiger partial charge on any atom is -0.462 e. The zero-order valence-corrected chi connectivity index (χ0v) is 12.5. The van der Waals surface area contributed by atoms with E-state index in [2.05, 4.69) is 4.98 Å². The molecule has 0 radical (unpaired) electrons. The first-order valence-electron chi connectivity index (χ1n) is 4.28. The number of carbonyl (C=O) groups excluding carboxylic acids is 1. The summed E-state index contributed by atoms with van der Waals surface area (Å²) in [7, 11) is 0. The summed E-state index contributed by atoms with van der Waals surface area (Å²) in [5, 5.41) is 0. The summed E-state index contributed by atoms with van der Waals surface area (Å²) in [6.07, 6.45) is -1.59. The van der Waals surface area contributed by atoms with E-state index in [0.29, 0.717) is 7.27 Å². The van der Waals surface area contributed by atoms with Crippen LogP contribution in [0, 0.1) is 7.27 Å². The quantitative estimate of drug-likeness (QED) is 0.401. The van der Waals surface area contributed by atoms with Crippen LogP contribution in [-0.2, 0) is 4.74 Å². The van der Waals surface area contributed by atoms with Crippen molar-refractivity contribution in [3.63, 3.8) is 0 Å². The molecule has 0 aliphatic carbocycles. The van der Waals surface area contributed by atoms with Gasteiger partial charge in [0.15, 0.2) is 0 Å². The first-order chi connectivity index (χ1) is 7.49. The lowest BCUT2D eigenvalue weighted by molar-refractivity contribution is 0.0514. The van der Waals surface area contributed by atoms with E-state index >= 15 is 0 Å². The van der Waals surface area contributed by atoms with Gasteiger partial charge in [-0.2, -0.15) is 0 Å². The topological polar surface area (TPSA) is 39.2 Å². The molecule has 0 aromatic carbocycles. The molecule has 16 heavy (non-hydrogen) atoms. The van der Waals surface area contributed by atoms with Crippen LogP contribution in [0.1, 0.15) is 29.3 Å². The van der Waals surface area contributed by atoms with Crippen LogP contribution >= 0.6 is 45.2 Å². The highest BCUT2D eigenvalue weighted by atomic mass is 127. The minimum atomic E-state index is -2.72. The fourth-order valence-electron chi connectivity index (χ4n) is 1.06. The summed E-state index contributed by atoms with van der Waals surface area (Å²) in [6, 6.07) is 0. The van der Waals surface area contributed by atoms with Gasteiger partial charge in [0, 0.05) is 11.8 Å². The van der Waals surface area contributed by atoms with Crippen LogP contribution in [-0.4, -0.2) is 17.6 Å². The highest BCUT2D eigenvalue weighted by molar-refractivity contribution is 14.1. The maximum absolute atomic E-state index is 12.8. The molecule has 0 saturated heterocycles. The highest BCUT2D eigenvalue weighted by Gasteiger charge is 2.24. The van der Waals surface area contributed by atoms with Crippen molar-refractivity contribution in [2.24, 2.45) is 0 Å². The largest absolute Gasteiger partial charge is 0.462 e. The van der Waals surface area contributed by atoms with Gasteiger partial charge in [-0.3, -0.25) is 0 Å². The number of hydrogen-bond donors (Lipinski definition) is 0. The molecule has 1 heterocycles. The smallest absolute Gasteiger partial charge is 0.340 e. The van der Waals surface area contributed by atoms with Gasteiger partial charge < -0.3 is 4.74 Å². The molecule has 1 rings (SSSR count). The Morgan fingerprint density at radius 3 is 2.69 bits per heavy atom. The molecule has 3 nitrogen and oxygen atoms in total. The van der Waals surface area contributed by atoms with Crippen LogP contribution in [0.15, 0.2) is 6.20 Å². The predicted molar refractivity (Wildman–Crippen MR) is 70.6 cm³/mol. The second-order valence-corrected chi connectivity index (χ2v) is 4.81. The van der Waals surface area contributed by atoms with E-state index in [-0.39, 0.29) is 17.7 Å². The van der Waals surface area contributed by atoms with Gasteiger partial charge in [-0.15, -0.1) is 0 Å². The summed E-state index contributed by atoms with van der Waals surface area (Å²) in [5.74, 6) is -0.764. The summed E-state index contributed by atoms with van der Waals surface area (Å²) in [4.78, 5) is 15.3. The number of esters is 1. The average Bonchev–Trinajstić information content (AvgIpc) is 2.21. The summed E-state index contributed by atoms with van der Waals surface area (Å²) < 4.78 is 31.1. The van der Waals surface area contributed by atoms with E-state index in [0.717, 1.165) is 6.20 Å². The third kappa shape index (κ3) is 2.99. The number of carbonyl (C=O) groups is 1. The lowest BCUT2D eigenvalue weighted by Gasteiger charge is -2.10. The molecule has 0 bridgehead atoms. The molecular weight excluding hydrogens is 446 g/mol. The zero-order valence-electron chi connectivity index (χ0n) is 8.14. The van der Waals surface area contributed by atoms with Gasteiger partial charge in [0.1, 0.15) is 3.70 Å². The SMILES string of the molecule is CCOC(=O)c1cnc(I)c(I)c1C(F)F. The van der Waals surface area contributed by atoms with Crippen molar-refractivity contribution in [2.75, 3.05) is 6.61 Å². The van der Waals surface area contributed by atoms with Gasteiger partial charge in [0.2, 0.25) is 0 Å². The van der Waals surface area contributed by atoms with Gasteiger partial charge in [0.05, 0.1) is 15.7 Å². The minimum absolute atomic E-state index is 0.143. The van der Waals surface area contributed by atoms with Gasteiger partial charge >= 0.3 is 5.97 Å².